The molecule has 3 rings (SSSR count). The van der Waals surface area contributed by atoms with E-state index in [9.17, 15) is 5.26 Å². The van der Waals surface area contributed by atoms with Gasteiger partial charge in [-0.25, -0.2) is 9.97 Å². The minimum absolute atomic E-state index is 0.172. The van der Waals surface area contributed by atoms with Crippen LogP contribution in [0.25, 0.3) is 0 Å². The van der Waals surface area contributed by atoms with Gasteiger partial charge in [-0.05, 0) is 44.7 Å². The lowest BCUT2D eigenvalue weighted by atomic mass is 9.93. The Morgan fingerprint density at radius 1 is 1.22 bits per heavy atom. The molecule has 0 unspecified atom stereocenters. The summed E-state index contributed by atoms with van der Waals surface area (Å²) in [7, 11) is 0. The minimum Gasteiger partial charge on any atom is -0.473 e. The van der Waals surface area contributed by atoms with Crippen molar-refractivity contribution in [3.63, 3.8) is 0 Å². The highest BCUT2D eigenvalue weighted by atomic mass is 16.5. The van der Waals surface area contributed by atoms with Crippen molar-refractivity contribution in [2.24, 2.45) is 0 Å². The van der Waals surface area contributed by atoms with Crippen molar-refractivity contribution < 1.29 is 4.74 Å². The summed E-state index contributed by atoms with van der Waals surface area (Å²) in [6.45, 7) is 1.93. The zero-order chi connectivity index (χ0) is 16.1. The summed E-state index contributed by atoms with van der Waals surface area (Å²) in [5.74, 6) is 1.27. The number of aryl methyl sites for hydroxylation is 1. The molecular formula is C17H19N5O. The molecule has 1 aliphatic rings. The Balaban J connectivity index is 1.55. The molecule has 0 spiro atoms. The Morgan fingerprint density at radius 3 is 2.74 bits per heavy atom. The third-order valence-corrected chi connectivity index (χ3v) is 4.00. The lowest BCUT2D eigenvalue weighted by Crippen LogP contribution is -2.32. The first-order valence-electron chi connectivity index (χ1n) is 7.81. The average Bonchev–Trinajstić information content (AvgIpc) is 2.58. The van der Waals surface area contributed by atoms with Crippen LogP contribution in [0, 0.1) is 18.3 Å². The Bertz CT molecular complexity index is 690. The van der Waals surface area contributed by atoms with Crippen molar-refractivity contribution >= 4 is 5.82 Å². The maximum atomic E-state index is 9.18. The second-order valence-electron chi connectivity index (χ2n) is 5.74. The van der Waals surface area contributed by atoms with Gasteiger partial charge < -0.3 is 10.1 Å². The molecule has 1 N–H and O–H groups in total. The van der Waals surface area contributed by atoms with Gasteiger partial charge in [0.15, 0.2) is 0 Å². The highest BCUT2D eigenvalue weighted by molar-refractivity contribution is 5.52. The molecule has 0 aromatic carbocycles. The molecule has 2 aromatic rings. The molecule has 23 heavy (non-hydrogen) atoms. The summed E-state index contributed by atoms with van der Waals surface area (Å²) in [5.41, 5.74) is 1.50. The summed E-state index contributed by atoms with van der Waals surface area (Å²) in [5, 5.41) is 12.6. The van der Waals surface area contributed by atoms with Gasteiger partial charge in [-0.1, -0.05) is 0 Å². The molecule has 118 valence electrons. The number of aromatic nitrogens is 3. The fourth-order valence-corrected chi connectivity index (χ4v) is 2.79. The molecule has 2 heterocycles. The number of anilines is 1. The predicted molar refractivity (Wildman–Crippen MR) is 86.0 cm³/mol. The first-order chi connectivity index (χ1) is 11.2. The van der Waals surface area contributed by atoms with Crippen molar-refractivity contribution in [2.75, 3.05) is 5.32 Å². The third kappa shape index (κ3) is 3.95. The quantitative estimate of drug-likeness (QED) is 0.935. The lowest BCUT2D eigenvalue weighted by molar-refractivity contribution is 0.143. The van der Waals surface area contributed by atoms with E-state index < -0.39 is 0 Å². The topological polar surface area (TPSA) is 83.7 Å². The van der Waals surface area contributed by atoms with E-state index in [4.69, 9.17) is 4.74 Å². The predicted octanol–water partition coefficient (Wildman–Crippen LogP) is 2.85. The normalized spacial score (nSPS) is 20.5. The van der Waals surface area contributed by atoms with Gasteiger partial charge in [-0.3, -0.25) is 4.98 Å². The maximum absolute atomic E-state index is 9.18. The molecule has 0 atom stereocenters. The van der Waals surface area contributed by atoms with Crippen molar-refractivity contribution in [3.8, 4) is 11.9 Å². The average molecular weight is 309 g/mol. The van der Waals surface area contributed by atoms with E-state index in [1.807, 2.05) is 19.1 Å². The molecule has 0 saturated heterocycles. The van der Waals surface area contributed by atoms with Gasteiger partial charge in [0, 0.05) is 24.1 Å². The van der Waals surface area contributed by atoms with E-state index >= 15 is 0 Å². The Kier molecular flexibility index (Phi) is 4.67. The molecule has 6 heteroatoms. The molecule has 2 aromatic heterocycles. The number of pyridine rings is 1. The Labute approximate surface area is 135 Å². The zero-order valence-corrected chi connectivity index (χ0v) is 13.1. The van der Waals surface area contributed by atoms with E-state index in [1.54, 1.807) is 18.6 Å². The van der Waals surface area contributed by atoms with Crippen LogP contribution in [0.3, 0.4) is 0 Å². The van der Waals surface area contributed by atoms with Crippen LogP contribution in [0.2, 0.25) is 0 Å². The lowest BCUT2D eigenvalue weighted by Gasteiger charge is -2.29. The molecule has 0 aliphatic heterocycles. The number of ether oxygens (including phenoxy) is 1. The van der Waals surface area contributed by atoms with Gasteiger partial charge in [0.25, 0.3) is 0 Å². The summed E-state index contributed by atoms with van der Waals surface area (Å²) < 4.78 is 5.85. The molecule has 1 fully saturated rings. The standard InChI is InChI=1S/C17H19N5O/c1-12-2-3-13(10-18)17(21-12)22-14-4-6-15(7-5-14)23-16-11-19-8-9-20-16/h2-3,8-9,11,14-15H,4-7H2,1H3,(H,21,22). The fraction of sp³-hybridized carbons (Fsp3) is 0.412. The monoisotopic (exact) mass is 309 g/mol. The number of hydrogen-bond acceptors (Lipinski definition) is 6. The van der Waals surface area contributed by atoms with E-state index in [1.165, 1.54) is 0 Å². The Hall–Kier alpha value is -2.68. The van der Waals surface area contributed by atoms with Gasteiger partial charge in [0.05, 0.1) is 11.8 Å². The van der Waals surface area contributed by atoms with Crippen LogP contribution in [0.5, 0.6) is 5.88 Å². The van der Waals surface area contributed by atoms with Gasteiger partial charge in [-0.2, -0.15) is 5.26 Å². The summed E-state index contributed by atoms with van der Waals surface area (Å²) in [6.07, 6.45) is 8.93. The minimum atomic E-state index is 0.172. The largest absolute Gasteiger partial charge is 0.473 e. The molecule has 0 radical (unpaired) electrons. The van der Waals surface area contributed by atoms with Crippen LogP contribution < -0.4 is 10.1 Å². The van der Waals surface area contributed by atoms with E-state index in [0.29, 0.717) is 23.3 Å². The summed E-state index contributed by atoms with van der Waals surface area (Å²) in [6, 6.07) is 6.18. The molecular weight excluding hydrogens is 290 g/mol. The van der Waals surface area contributed by atoms with Crippen LogP contribution >= 0.6 is 0 Å². The molecule has 0 bridgehead atoms. The second kappa shape index (κ2) is 7.05. The summed E-state index contributed by atoms with van der Waals surface area (Å²) >= 11 is 0. The first kappa shape index (κ1) is 15.2. The molecule has 1 saturated carbocycles. The van der Waals surface area contributed by atoms with Crippen LogP contribution in [-0.4, -0.2) is 27.1 Å². The van der Waals surface area contributed by atoms with Crippen LogP contribution in [-0.2, 0) is 0 Å². The highest BCUT2D eigenvalue weighted by Gasteiger charge is 2.23. The van der Waals surface area contributed by atoms with Crippen molar-refractivity contribution in [1.82, 2.24) is 15.0 Å². The number of nitriles is 1. The van der Waals surface area contributed by atoms with Crippen molar-refractivity contribution in [2.45, 2.75) is 44.8 Å². The maximum Gasteiger partial charge on any atom is 0.232 e. The van der Waals surface area contributed by atoms with E-state index in [-0.39, 0.29) is 6.10 Å². The fourth-order valence-electron chi connectivity index (χ4n) is 2.79. The third-order valence-electron chi connectivity index (χ3n) is 4.00. The molecule has 1 aliphatic carbocycles. The Morgan fingerprint density at radius 2 is 2.04 bits per heavy atom. The van der Waals surface area contributed by atoms with Gasteiger partial charge in [0.2, 0.25) is 5.88 Å². The molecule has 6 nitrogen and oxygen atoms in total. The van der Waals surface area contributed by atoms with Crippen molar-refractivity contribution in [1.29, 1.82) is 5.26 Å². The second-order valence-corrected chi connectivity index (χ2v) is 5.74. The van der Waals surface area contributed by atoms with E-state index in [0.717, 1.165) is 31.4 Å². The number of rotatable bonds is 4. The van der Waals surface area contributed by atoms with Crippen LogP contribution in [0.1, 0.15) is 36.9 Å². The SMILES string of the molecule is Cc1ccc(C#N)c(NC2CCC(Oc3cnccn3)CC2)n1. The van der Waals surface area contributed by atoms with Gasteiger partial charge in [0.1, 0.15) is 18.0 Å². The number of nitrogens with zero attached hydrogens (tertiary/aromatic N) is 4. The van der Waals surface area contributed by atoms with E-state index in [2.05, 4.69) is 26.3 Å². The number of nitrogens with one attached hydrogen (secondary N) is 1. The molecule has 0 amide bonds. The van der Waals surface area contributed by atoms with Crippen LogP contribution in [0.4, 0.5) is 5.82 Å². The van der Waals surface area contributed by atoms with Gasteiger partial charge >= 0.3 is 0 Å². The number of hydrogen-bond donors (Lipinski definition) is 1. The zero-order valence-electron chi connectivity index (χ0n) is 13.1. The summed E-state index contributed by atoms with van der Waals surface area (Å²) in [4.78, 5) is 12.6. The van der Waals surface area contributed by atoms with Crippen molar-refractivity contribution in [3.05, 3.63) is 42.0 Å². The smallest absolute Gasteiger partial charge is 0.232 e. The first-order valence-corrected chi connectivity index (χ1v) is 7.81. The van der Waals surface area contributed by atoms with Gasteiger partial charge in [-0.15, -0.1) is 0 Å². The highest BCUT2D eigenvalue weighted by Crippen LogP contribution is 2.25. The van der Waals surface area contributed by atoms with Crippen LogP contribution in [0.15, 0.2) is 30.7 Å².